The molecule has 0 spiro atoms. The Balaban J connectivity index is 1.49. The van der Waals surface area contributed by atoms with Crippen molar-refractivity contribution >= 4 is 17.8 Å². The van der Waals surface area contributed by atoms with Gasteiger partial charge >= 0.3 is 5.97 Å². The predicted octanol–water partition coefficient (Wildman–Crippen LogP) is 11.4. The number of rotatable bonds is 66. The Morgan fingerprint density at radius 2 is 0.903 bits per heavy atom. The van der Waals surface area contributed by atoms with E-state index in [1.54, 1.807) is 0 Å². The molecule has 23 heteroatoms. The van der Waals surface area contributed by atoms with Gasteiger partial charge in [0.15, 0.2) is 12.6 Å². The van der Waals surface area contributed by atoms with E-state index in [9.17, 15) is 75.7 Å². The van der Waals surface area contributed by atoms with Crippen LogP contribution < -0.4 is 10.6 Å². The first-order valence-corrected chi connectivity index (χ1v) is 41.5. The van der Waals surface area contributed by atoms with Crippen LogP contribution in [0.25, 0.3) is 0 Å². The molecule has 3 aliphatic heterocycles. The number of carboxylic acid groups (broad SMARTS) is 1. The molecular formula is C80H150N2O21. The maximum Gasteiger partial charge on any atom is 0.364 e. The highest BCUT2D eigenvalue weighted by molar-refractivity contribution is 5.77. The molecule has 103 heavy (non-hydrogen) atoms. The molecule has 0 aliphatic carbocycles. The van der Waals surface area contributed by atoms with Crippen LogP contribution in [-0.2, 0) is 42.8 Å². The second-order valence-electron chi connectivity index (χ2n) is 30.3. The Morgan fingerprint density at radius 1 is 0.495 bits per heavy atom. The molecule has 2 amide bonds. The number of carbonyl (C=O) groups excluding carboxylic acids is 2. The Bertz CT molecular complexity index is 2100. The van der Waals surface area contributed by atoms with Gasteiger partial charge in [0.25, 0.3) is 5.79 Å². The topological polar surface area (TPSA) is 373 Å². The number of ether oxygens (including phenoxy) is 6. The summed E-state index contributed by atoms with van der Waals surface area (Å²) in [7, 11) is 0. The summed E-state index contributed by atoms with van der Waals surface area (Å²) in [6.07, 6.45) is 34.9. The van der Waals surface area contributed by atoms with E-state index in [0.29, 0.717) is 19.3 Å². The standard InChI is InChI=1S/C80H150N2O21/c1-4-6-8-10-12-14-16-18-20-22-24-26-27-28-29-30-31-32-34-36-38-40-42-44-46-48-50-52-54-67(90)82-61(62(87)53-51-49-47-45-43-41-39-37-35-33-25-23-21-19-17-15-13-11-9-7-5-2)59-98-77-72(94)71(93)74(66(58-85)100-77)101-78-73(95)76(70(92)65(57-84)99-78)103-80(79(96)97)55-63(88)68(81-60(3)86)75(102-80)69(91)64(89)56-83/h28-29,61-66,68-78,83-85,87-89,91-95H,4-27,30-59H2,1-3H3,(H,81,86)(H,82,90)(H,96,97)/b29-28-. The fourth-order valence-corrected chi connectivity index (χ4v) is 14.7. The molecule has 0 aromatic rings. The molecule has 0 saturated carbocycles. The number of unbranched alkanes of at least 4 members (excludes halogenated alkanes) is 44. The molecule has 3 heterocycles. The van der Waals surface area contributed by atoms with Crippen molar-refractivity contribution in [3.8, 4) is 0 Å². The molecule has 18 unspecified atom stereocenters. The van der Waals surface area contributed by atoms with Crippen molar-refractivity contribution in [1.29, 1.82) is 0 Å². The van der Waals surface area contributed by atoms with Gasteiger partial charge in [-0.05, 0) is 38.5 Å². The number of hydrogen-bond donors (Lipinski definition) is 14. The first-order valence-electron chi connectivity index (χ1n) is 41.5. The van der Waals surface area contributed by atoms with E-state index in [1.165, 1.54) is 238 Å². The minimum absolute atomic E-state index is 0.226. The third-order valence-electron chi connectivity index (χ3n) is 21.2. The first-order chi connectivity index (χ1) is 49.9. The number of carbonyl (C=O) groups is 3. The SMILES string of the molecule is CCCCCCCCCCCCCC/C=C\CCCCCCCCCCCCCCC(=O)NC(COC1OC(CO)C(OC2OC(CO)C(O)C(OC3(C(=O)O)CC(O)C(NC(C)=O)C(C(O)C(O)CO)O3)C2O)C(O)C1O)C(O)CCCCCCCCCCCCCCCCCCCCCCC. The highest BCUT2D eigenvalue weighted by Crippen LogP contribution is 2.39. The van der Waals surface area contributed by atoms with Gasteiger partial charge in [-0.1, -0.05) is 296 Å². The van der Waals surface area contributed by atoms with Crippen LogP contribution in [-0.4, -0.2) is 215 Å². The molecular weight excluding hydrogens is 1320 g/mol. The summed E-state index contributed by atoms with van der Waals surface area (Å²) in [6.45, 7) is 2.27. The number of aliphatic hydroxyl groups excluding tert-OH is 11. The normalized spacial score (nSPS) is 26.5. The lowest BCUT2D eigenvalue weighted by molar-refractivity contribution is -0.386. The summed E-state index contributed by atoms with van der Waals surface area (Å²) in [4.78, 5) is 38.7. The van der Waals surface area contributed by atoms with Gasteiger partial charge in [0, 0.05) is 19.8 Å². The summed E-state index contributed by atoms with van der Waals surface area (Å²) in [5.74, 6) is -6.09. The van der Waals surface area contributed by atoms with Crippen LogP contribution in [0.1, 0.15) is 342 Å². The van der Waals surface area contributed by atoms with Crippen LogP contribution in [0.3, 0.4) is 0 Å². The number of aliphatic hydroxyl groups is 11. The lowest BCUT2D eigenvalue weighted by Crippen LogP contribution is -2.70. The number of hydrogen-bond acceptors (Lipinski definition) is 20. The minimum Gasteiger partial charge on any atom is -0.477 e. The highest BCUT2D eigenvalue weighted by Gasteiger charge is 2.60. The fraction of sp³-hybridized carbons (Fsp3) is 0.938. The number of nitrogens with one attached hydrogen (secondary N) is 2. The number of allylic oxidation sites excluding steroid dienone is 2. The van der Waals surface area contributed by atoms with E-state index < -0.39 is 148 Å². The van der Waals surface area contributed by atoms with Crippen molar-refractivity contribution < 1.29 is 104 Å². The molecule has 0 bridgehead atoms. The summed E-state index contributed by atoms with van der Waals surface area (Å²) >= 11 is 0. The lowest BCUT2D eigenvalue weighted by Gasteiger charge is -2.50. The Kier molecular flexibility index (Phi) is 54.6. The zero-order chi connectivity index (χ0) is 75.3. The quantitative estimate of drug-likeness (QED) is 0.0199. The van der Waals surface area contributed by atoms with Crippen molar-refractivity contribution in [2.75, 3.05) is 26.4 Å². The molecule has 14 N–H and O–H groups in total. The lowest BCUT2D eigenvalue weighted by atomic mass is 9.88. The summed E-state index contributed by atoms with van der Waals surface area (Å²) < 4.78 is 35.0. The number of carboxylic acids is 1. The molecule has 3 aliphatic rings. The average Bonchev–Trinajstić information content (AvgIpc) is 0.755. The molecule has 3 rings (SSSR count). The Morgan fingerprint density at radius 3 is 1.31 bits per heavy atom. The molecule has 18 atom stereocenters. The molecule has 3 saturated heterocycles. The Hall–Kier alpha value is -2.53. The van der Waals surface area contributed by atoms with E-state index in [-0.39, 0.29) is 18.9 Å². The van der Waals surface area contributed by atoms with Gasteiger partial charge in [-0.25, -0.2) is 4.79 Å². The molecule has 606 valence electrons. The summed E-state index contributed by atoms with van der Waals surface area (Å²) in [6, 6.07) is -2.53. The maximum absolute atomic E-state index is 13.6. The second-order valence-corrected chi connectivity index (χ2v) is 30.3. The Labute approximate surface area is 620 Å². The van der Waals surface area contributed by atoms with Crippen LogP contribution in [0.5, 0.6) is 0 Å². The molecule has 3 fully saturated rings. The van der Waals surface area contributed by atoms with Gasteiger partial charge < -0.3 is 100 Å². The van der Waals surface area contributed by atoms with Crippen molar-refractivity contribution in [3.05, 3.63) is 12.2 Å². The van der Waals surface area contributed by atoms with Gasteiger partial charge in [-0.15, -0.1) is 0 Å². The van der Waals surface area contributed by atoms with Crippen LogP contribution in [0, 0.1) is 0 Å². The fourth-order valence-electron chi connectivity index (χ4n) is 14.7. The highest BCUT2D eigenvalue weighted by atomic mass is 16.8. The van der Waals surface area contributed by atoms with Gasteiger partial charge in [0.2, 0.25) is 11.8 Å². The van der Waals surface area contributed by atoms with Crippen molar-refractivity contribution in [2.24, 2.45) is 0 Å². The van der Waals surface area contributed by atoms with Gasteiger partial charge in [-0.3, -0.25) is 9.59 Å². The largest absolute Gasteiger partial charge is 0.477 e. The smallest absolute Gasteiger partial charge is 0.364 e. The van der Waals surface area contributed by atoms with E-state index in [0.717, 1.165) is 58.3 Å². The van der Waals surface area contributed by atoms with E-state index >= 15 is 0 Å². The second kappa shape index (κ2) is 59.4. The number of aliphatic carboxylic acids is 1. The van der Waals surface area contributed by atoms with E-state index in [1.807, 2.05) is 0 Å². The zero-order valence-corrected chi connectivity index (χ0v) is 64.2. The van der Waals surface area contributed by atoms with Crippen LogP contribution in [0.2, 0.25) is 0 Å². The van der Waals surface area contributed by atoms with E-state index in [2.05, 4.69) is 36.6 Å². The van der Waals surface area contributed by atoms with Crippen LogP contribution in [0.15, 0.2) is 12.2 Å². The monoisotopic (exact) mass is 1480 g/mol. The van der Waals surface area contributed by atoms with Crippen LogP contribution in [0.4, 0.5) is 0 Å². The van der Waals surface area contributed by atoms with Crippen molar-refractivity contribution in [1.82, 2.24) is 10.6 Å². The molecule has 23 nitrogen and oxygen atoms in total. The average molecular weight is 1480 g/mol. The summed E-state index contributed by atoms with van der Waals surface area (Å²) in [5.41, 5.74) is 0. The van der Waals surface area contributed by atoms with Crippen LogP contribution >= 0.6 is 0 Å². The first kappa shape index (κ1) is 94.7. The third kappa shape index (κ3) is 39.6. The zero-order valence-electron chi connectivity index (χ0n) is 64.2. The van der Waals surface area contributed by atoms with Crippen molar-refractivity contribution in [2.45, 2.75) is 452 Å². The molecule has 0 aromatic heterocycles. The van der Waals surface area contributed by atoms with Crippen molar-refractivity contribution in [3.63, 3.8) is 0 Å². The summed E-state index contributed by atoms with van der Waals surface area (Å²) in [5, 5.41) is 137. The maximum atomic E-state index is 13.6. The minimum atomic E-state index is -3.08. The third-order valence-corrected chi connectivity index (χ3v) is 21.2. The predicted molar refractivity (Wildman–Crippen MR) is 398 cm³/mol. The molecule has 0 aromatic carbocycles. The van der Waals surface area contributed by atoms with Gasteiger partial charge in [-0.2, -0.15) is 0 Å². The number of amides is 2. The van der Waals surface area contributed by atoms with Gasteiger partial charge in [0.1, 0.15) is 67.1 Å². The van der Waals surface area contributed by atoms with E-state index in [4.69, 9.17) is 28.4 Å². The van der Waals surface area contributed by atoms with Gasteiger partial charge in [0.05, 0.1) is 50.7 Å². The molecule has 0 radical (unpaired) electrons.